The summed E-state index contributed by atoms with van der Waals surface area (Å²) >= 11 is 0. The van der Waals surface area contributed by atoms with Crippen molar-refractivity contribution in [2.45, 2.75) is 26.3 Å². The first kappa shape index (κ1) is 20.6. The SMILES string of the molecule is Cc1cc(-c2ccc3c(c2)CN(CCc2ncccn2)C(=O)O3)ccc1OC(F)(F)F. The Morgan fingerprint density at radius 3 is 2.52 bits per heavy atom. The number of rotatable bonds is 5. The van der Waals surface area contributed by atoms with Crippen molar-refractivity contribution in [3.05, 3.63) is 71.8 Å². The van der Waals surface area contributed by atoms with E-state index in [1.807, 2.05) is 6.07 Å². The van der Waals surface area contributed by atoms with E-state index in [0.717, 1.165) is 16.7 Å². The number of amides is 1. The zero-order chi connectivity index (χ0) is 22.0. The summed E-state index contributed by atoms with van der Waals surface area (Å²) in [5.41, 5.74) is 2.70. The Hall–Kier alpha value is -3.62. The van der Waals surface area contributed by atoms with Crippen molar-refractivity contribution in [3.8, 4) is 22.6 Å². The Morgan fingerprint density at radius 2 is 1.81 bits per heavy atom. The van der Waals surface area contributed by atoms with Crippen molar-refractivity contribution in [2.75, 3.05) is 6.54 Å². The number of aryl methyl sites for hydroxylation is 1. The lowest BCUT2D eigenvalue weighted by molar-refractivity contribution is -0.274. The second kappa shape index (κ2) is 8.25. The highest BCUT2D eigenvalue weighted by atomic mass is 19.4. The lowest BCUT2D eigenvalue weighted by atomic mass is 9.99. The molecule has 0 fully saturated rings. The van der Waals surface area contributed by atoms with Gasteiger partial charge in [-0.05, 0) is 53.9 Å². The first-order valence-corrected chi connectivity index (χ1v) is 9.51. The normalized spacial score (nSPS) is 13.5. The van der Waals surface area contributed by atoms with Crippen LogP contribution in [0.2, 0.25) is 0 Å². The van der Waals surface area contributed by atoms with Crippen molar-refractivity contribution in [2.24, 2.45) is 0 Å². The number of aromatic nitrogens is 2. The number of hydrogen-bond donors (Lipinski definition) is 0. The van der Waals surface area contributed by atoms with E-state index in [1.165, 1.54) is 6.07 Å². The molecule has 0 aliphatic carbocycles. The van der Waals surface area contributed by atoms with Crippen LogP contribution >= 0.6 is 0 Å². The molecule has 2 heterocycles. The van der Waals surface area contributed by atoms with E-state index in [9.17, 15) is 18.0 Å². The maximum atomic E-state index is 12.5. The zero-order valence-corrected chi connectivity index (χ0v) is 16.5. The molecule has 9 heteroatoms. The maximum Gasteiger partial charge on any atom is 0.573 e. The van der Waals surface area contributed by atoms with E-state index >= 15 is 0 Å². The highest BCUT2D eigenvalue weighted by Gasteiger charge is 2.31. The fraction of sp³-hybridized carbons (Fsp3) is 0.227. The Bertz CT molecular complexity index is 1100. The van der Waals surface area contributed by atoms with Crippen molar-refractivity contribution < 1.29 is 27.4 Å². The number of carbonyl (C=O) groups excluding carboxylic acids is 1. The lowest BCUT2D eigenvalue weighted by Gasteiger charge is -2.28. The van der Waals surface area contributed by atoms with Gasteiger partial charge in [0.05, 0.1) is 6.54 Å². The highest BCUT2D eigenvalue weighted by molar-refractivity contribution is 5.75. The average molecular weight is 429 g/mol. The van der Waals surface area contributed by atoms with Crippen molar-refractivity contribution in [3.63, 3.8) is 0 Å². The van der Waals surface area contributed by atoms with Crippen LogP contribution in [-0.2, 0) is 13.0 Å². The van der Waals surface area contributed by atoms with Gasteiger partial charge in [-0.3, -0.25) is 0 Å². The first-order valence-electron chi connectivity index (χ1n) is 9.51. The minimum Gasteiger partial charge on any atom is -0.410 e. The molecule has 0 radical (unpaired) electrons. The molecule has 0 unspecified atom stereocenters. The minimum atomic E-state index is -4.74. The largest absolute Gasteiger partial charge is 0.573 e. The molecule has 3 aromatic rings. The number of alkyl halides is 3. The Morgan fingerprint density at radius 1 is 1.10 bits per heavy atom. The molecule has 0 saturated carbocycles. The summed E-state index contributed by atoms with van der Waals surface area (Å²) in [7, 11) is 0. The third-order valence-electron chi connectivity index (χ3n) is 4.84. The van der Waals surface area contributed by atoms with Gasteiger partial charge in [0.25, 0.3) is 0 Å². The van der Waals surface area contributed by atoms with Crippen LogP contribution in [0.1, 0.15) is 17.0 Å². The lowest BCUT2D eigenvalue weighted by Crippen LogP contribution is -2.38. The van der Waals surface area contributed by atoms with E-state index in [4.69, 9.17) is 4.74 Å². The summed E-state index contributed by atoms with van der Waals surface area (Å²) in [6.45, 7) is 2.30. The highest BCUT2D eigenvalue weighted by Crippen LogP contribution is 2.34. The Balaban J connectivity index is 1.52. The number of fused-ring (bicyclic) bond motifs is 1. The van der Waals surface area contributed by atoms with Gasteiger partial charge in [-0.1, -0.05) is 12.1 Å². The van der Waals surface area contributed by atoms with Crippen LogP contribution in [0.3, 0.4) is 0 Å². The molecular formula is C22H18F3N3O3. The number of hydrogen-bond acceptors (Lipinski definition) is 5. The Kier molecular flexibility index (Phi) is 5.50. The van der Waals surface area contributed by atoms with E-state index in [0.29, 0.717) is 36.6 Å². The molecule has 2 aromatic carbocycles. The van der Waals surface area contributed by atoms with Gasteiger partial charge in [0.15, 0.2) is 0 Å². The van der Waals surface area contributed by atoms with Crippen molar-refractivity contribution in [1.82, 2.24) is 14.9 Å². The minimum absolute atomic E-state index is 0.238. The van der Waals surface area contributed by atoms with Crippen LogP contribution in [0.15, 0.2) is 54.9 Å². The summed E-state index contributed by atoms with van der Waals surface area (Å²) in [5.74, 6) is 0.860. The number of halogens is 3. The molecule has 1 aliphatic rings. The van der Waals surface area contributed by atoms with Crippen LogP contribution in [0.25, 0.3) is 11.1 Å². The quantitative estimate of drug-likeness (QED) is 0.577. The van der Waals surface area contributed by atoms with Gasteiger partial charge >= 0.3 is 12.5 Å². The molecule has 0 saturated heterocycles. The first-order chi connectivity index (χ1) is 14.8. The second-order valence-electron chi connectivity index (χ2n) is 7.06. The predicted molar refractivity (Wildman–Crippen MR) is 105 cm³/mol. The van der Waals surface area contributed by atoms with Gasteiger partial charge in [0, 0.05) is 30.9 Å². The van der Waals surface area contributed by atoms with Gasteiger partial charge in [0.1, 0.15) is 17.3 Å². The molecule has 6 nitrogen and oxygen atoms in total. The number of benzene rings is 2. The molecule has 0 bridgehead atoms. The van der Waals surface area contributed by atoms with Gasteiger partial charge < -0.3 is 14.4 Å². The molecule has 0 N–H and O–H groups in total. The summed E-state index contributed by atoms with van der Waals surface area (Å²) in [6, 6.07) is 11.5. The molecule has 1 amide bonds. The number of nitrogens with zero attached hydrogens (tertiary/aromatic N) is 3. The van der Waals surface area contributed by atoms with E-state index in [-0.39, 0.29) is 5.75 Å². The third-order valence-corrected chi connectivity index (χ3v) is 4.84. The van der Waals surface area contributed by atoms with Crippen molar-refractivity contribution >= 4 is 6.09 Å². The fourth-order valence-electron chi connectivity index (χ4n) is 3.34. The van der Waals surface area contributed by atoms with Crippen LogP contribution in [0, 0.1) is 6.92 Å². The molecule has 160 valence electrons. The van der Waals surface area contributed by atoms with E-state index < -0.39 is 12.5 Å². The van der Waals surface area contributed by atoms with E-state index in [1.54, 1.807) is 54.5 Å². The molecule has 0 spiro atoms. The fourth-order valence-corrected chi connectivity index (χ4v) is 3.34. The molecular weight excluding hydrogens is 411 g/mol. The number of ether oxygens (including phenoxy) is 2. The summed E-state index contributed by atoms with van der Waals surface area (Å²) < 4.78 is 46.9. The molecule has 4 rings (SSSR count). The zero-order valence-electron chi connectivity index (χ0n) is 16.5. The van der Waals surface area contributed by atoms with E-state index in [2.05, 4.69) is 14.7 Å². The summed E-state index contributed by atoms with van der Waals surface area (Å²) in [4.78, 5) is 22.2. The van der Waals surface area contributed by atoms with Gasteiger partial charge in [-0.15, -0.1) is 13.2 Å². The van der Waals surface area contributed by atoms with Crippen LogP contribution in [0.4, 0.5) is 18.0 Å². The molecule has 0 atom stereocenters. The average Bonchev–Trinajstić information content (AvgIpc) is 2.73. The summed E-state index contributed by atoms with van der Waals surface area (Å²) in [6.07, 6.45) is -1.40. The molecule has 1 aliphatic heterocycles. The van der Waals surface area contributed by atoms with Gasteiger partial charge in [-0.2, -0.15) is 0 Å². The Labute approximate surface area is 176 Å². The van der Waals surface area contributed by atoms with Crippen LogP contribution < -0.4 is 9.47 Å². The van der Waals surface area contributed by atoms with Crippen LogP contribution in [0.5, 0.6) is 11.5 Å². The summed E-state index contributed by atoms with van der Waals surface area (Å²) in [5, 5.41) is 0. The standard InChI is InChI=1S/C22H18F3N3O3/c1-14-11-15(3-5-18(14)31-22(23,24)25)16-4-6-19-17(12-16)13-28(21(29)30-19)10-7-20-26-8-2-9-27-20/h2-6,8-9,11-12H,7,10,13H2,1H3. The molecule has 1 aromatic heterocycles. The molecule has 31 heavy (non-hydrogen) atoms. The van der Waals surface area contributed by atoms with Gasteiger partial charge in [0.2, 0.25) is 0 Å². The van der Waals surface area contributed by atoms with Crippen molar-refractivity contribution in [1.29, 1.82) is 0 Å². The monoisotopic (exact) mass is 429 g/mol. The topological polar surface area (TPSA) is 64.6 Å². The van der Waals surface area contributed by atoms with Crippen LogP contribution in [-0.4, -0.2) is 33.9 Å². The predicted octanol–water partition coefficient (Wildman–Crippen LogP) is 4.91. The second-order valence-corrected chi connectivity index (χ2v) is 7.06. The third kappa shape index (κ3) is 4.93. The maximum absolute atomic E-state index is 12.5. The van der Waals surface area contributed by atoms with Gasteiger partial charge in [-0.25, -0.2) is 14.8 Å². The number of carbonyl (C=O) groups is 1. The smallest absolute Gasteiger partial charge is 0.410 e.